The third kappa shape index (κ3) is 2.77. The van der Waals surface area contributed by atoms with Crippen LogP contribution in [0.15, 0.2) is 24.5 Å². The van der Waals surface area contributed by atoms with Crippen LogP contribution in [0.1, 0.15) is 12.7 Å². The van der Waals surface area contributed by atoms with Gasteiger partial charge in [0.15, 0.2) is 0 Å². The van der Waals surface area contributed by atoms with Gasteiger partial charge in [-0.15, -0.1) is 0 Å². The van der Waals surface area contributed by atoms with Crippen molar-refractivity contribution in [1.82, 2.24) is 20.1 Å². The van der Waals surface area contributed by atoms with Gasteiger partial charge in [-0.1, -0.05) is 30.1 Å². The Bertz CT molecular complexity index is 510. The van der Waals surface area contributed by atoms with Crippen LogP contribution < -0.4 is 5.32 Å². The van der Waals surface area contributed by atoms with E-state index in [1.165, 1.54) is 6.33 Å². The van der Waals surface area contributed by atoms with E-state index < -0.39 is 0 Å². The molecule has 1 heterocycles. The first-order chi connectivity index (χ1) is 8.22. The molecule has 1 aromatic carbocycles. The van der Waals surface area contributed by atoms with Crippen molar-refractivity contribution in [3.63, 3.8) is 0 Å². The molecule has 17 heavy (non-hydrogen) atoms. The second-order valence-corrected chi connectivity index (χ2v) is 4.31. The van der Waals surface area contributed by atoms with Gasteiger partial charge in [0, 0.05) is 5.02 Å². The van der Waals surface area contributed by atoms with Crippen LogP contribution in [0.5, 0.6) is 0 Å². The van der Waals surface area contributed by atoms with E-state index in [4.69, 9.17) is 23.2 Å². The fourth-order valence-corrected chi connectivity index (χ4v) is 1.97. The molecule has 0 spiro atoms. The van der Waals surface area contributed by atoms with Crippen LogP contribution >= 0.6 is 23.2 Å². The maximum Gasteiger partial charge on any atom is 0.146 e. The van der Waals surface area contributed by atoms with Crippen molar-refractivity contribution in [3.05, 3.63) is 40.4 Å². The van der Waals surface area contributed by atoms with Crippen LogP contribution in [0.4, 0.5) is 0 Å². The number of nitrogens with zero attached hydrogens (tertiary/aromatic N) is 3. The van der Waals surface area contributed by atoms with E-state index in [1.807, 2.05) is 13.0 Å². The molecule has 0 unspecified atom stereocenters. The highest BCUT2D eigenvalue weighted by atomic mass is 35.5. The smallest absolute Gasteiger partial charge is 0.146 e. The first-order valence-corrected chi connectivity index (χ1v) is 6.03. The Labute approximate surface area is 110 Å². The quantitative estimate of drug-likeness (QED) is 0.929. The van der Waals surface area contributed by atoms with Crippen molar-refractivity contribution >= 4 is 23.2 Å². The first-order valence-electron chi connectivity index (χ1n) is 5.27. The zero-order chi connectivity index (χ0) is 12.3. The molecule has 0 saturated carbocycles. The molecule has 90 valence electrons. The topological polar surface area (TPSA) is 42.7 Å². The molecule has 1 aromatic heterocycles. The average Bonchev–Trinajstić information content (AvgIpc) is 2.74. The summed E-state index contributed by atoms with van der Waals surface area (Å²) >= 11 is 12.0. The van der Waals surface area contributed by atoms with Gasteiger partial charge in [0.25, 0.3) is 0 Å². The maximum atomic E-state index is 6.13. The van der Waals surface area contributed by atoms with Crippen molar-refractivity contribution in [2.24, 2.45) is 0 Å². The van der Waals surface area contributed by atoms with E-state index in [1.54, 1.807) is 16.8 Å². The standard InChI is InChI=1S/C11H12Cl2N4/c1-2-14-6-11-15-7-16-17(11)10-4-3-8(12)5-9(10)13/h3-5,7,14H,2,6H2,1H3. The van der Waals surface area contributed by atoms with E-state index in [-0.39, 0.29) is 0 Å². The van der Waals surface area contributed by atoms with E-state index in [0.717, 1.165) is 18.1 Å². The molecule has 0 fully saturated rings. The molecule has 4 nitrogen and oxygen atoms in total. The van der Waals surface area contributed by atoms with E-state index in [9.17, 15) is 0 Å². The number of halogens is 2. The molecule has 0 atom stereocenters. The Hall–Kier alpha value is -1.10. The first kappa shape index (κ1) is 12.4. The lowest BCUT2D eigenvalue weighted by molar-refractivity contribution is 0.664. The van der Waals surface area contributed by atoms with E-state index in [2.05, 4.69) is 15.4 Å². The highest BCUT2D eigenvalue weighted by molar-refractivity contribution is 6.35. The fourth-order valence-electron chi connectivity index (χ4n) is 1.48. The molecule has 6 heteroatoms. The van der Waals surface area contributed by atoms with Crippen LogP contribution in [0.3, 0.4) is 0 Å². The highest BCUT2D eigenvalue weighted by Gasteiger charge is 2.09. The summed E-state index contributed by atoms with van der Waals surface area (Å²) in [5.74, 6) is 0.816. The molecule has 0 aliphatic rings. The molecule has 1 N–H and O–H groups in total. The van der Waals surface area contributed by atoms with Crippen molar-refractivity contribution in [3.8, 4) is 5.69 Å². The monoisotopic (exact) mass is 270 g/mol. The molecular formula is C11H12Cl2N4. The summed E-state index contributed by atoms with van der Waals surface area (Å²) in [4.78, 5) is 4.19. The molecule has 0 radical (unpaired) electrons. The Kier molecular flexibility index (Phi) is 3.99. The van der Waals surface area contributed by atoms with E-state index in [0.29, 0.717) is 16.6 Å². The Balaban J connectivity index is 2.35. The summed E-state index contributed by atoms with van der Waals surface area (Å²) in [6, 6.07) is 5.30. The summed E-state index contributed by atoms with van der Waals surface area (Å²) in [5, 5.41) is 8.53. The Morgan fingerprint density at radius 3 is 2.88 bits per heavy atom. The zero-order valence-electron chi connectivity index (χ0n) is 9.32. The SMILES string of the molecule is CCNCc1ncnn1-c1ccc(Cl)cc1Cl. The van der Waals surface area contributed by atoms with Gasteiger partial charge in [-0.2, -0.15) is 5.10 Å². The van der Waals surface area contributed by atoms with Crippen LogP contribution in [0.25, 0.3) is 5.69 Å². The molecule has 0 saturated heterocycles. The molecule has 0 aliphatic carbocycles. The van der Waals surface area contributed by atoms with Gasteiger partial charge in [-0.3, -0.25) is 0 Å². The lowest BCUT2D eigenvalue weighted by Gasteiger charge is -2.08. The van der Waals surface area contributed by atoms with Gasteiger partial charge in [0.1, 0.15) is 12.2 Å². The molecule has 2 aromatic rings. The minimum absolute atomic E-state index is 0.556. The summed E-state index contributed by atoms with van der Waals surface area (Å²) in [5.41, 5.74) is 0.779. The van der Waals surface area contributed by atoms with Crippen LogP contribution in [-0.2, 0) is 6.54 Å². The number of nitrogens with one attached hydrogen (secondary N) is 1. The normalized spacial score (nSPS) is 10.8. The van der Waals surface area contributed by atoms with Gasteiger partial charge in [0.2, 0.25) is 0 Å². The second-order valence-electron chi connectivity index (χ2n) is 3.46. The van der Waals surface area contributed by atoms with Gasteiger partial charge in [0.05, 0.1) is 17.3 Å². The third-order valence-corrected chi connectivity index (χ3v) is 2.83. The summed E-state index contributed by atoms with van der Waals surface area (Å²) in [6.45, 7) is 3.56. The predicted octanol–water partition coefficient (Wildman–Crippen LogP) is 2.68. The van der Waals surface area contributed by atoms with Crippen LogP contribution in [0.2, 0.25) is 10.0 Å². The molecule has 0 aliphatic heterocycles. The van der Waals surface area contributed by atoms with Crippen molar-refractivity contribution in [1.29, 1.82) is 0 Å². The Morgan fingerprint density at radius 2 is 2.18 bits per heavy atom. The summed E-state index contributed by atoms with van der Waals surface area (Å²) < 4.78 is 1.71. The van der Waals surface area contributed by atoms with Gasteiger partial charge in [-0.25, -0.2) is 9.67 Å². The number of aromatic nitrogens is 3. The van der Waals surface area contributed by atoms with Crippen molar-refractivity contribution in [2.75, 3.05) is 6.54 Å². The highest BCUT2D eigenvalue weighted by Crippen LogP contribution is 2.24. The molecule has 0 amide bonds. The van der Waals surface area contributed by atoms with E-state index >= 15 is 0 Å². The average molecular weight is 271 g/mol. The molecular weight excluding hydrogens is 259 g/mol. The van der Waals surface area contributed by atoms with Gasteiger partial charge in [-0.05, 0) is 24.7 Å². The molecule has 2 rings (SSSR count). The van der Waals surface area contributed by atoms with Crippen molar-refractivity contribution < 1.29 is 0 Å². The Morgan fingerprint density at radius 1 is 1.35 bits per heavy atom. The fraction of sp³-hybridized carbons (Fsp3) is 0.273. The number of rotatable bonds is 4. The largest absolute Gasteiger partial charge is 0.310 e. The summed E-state index contributed by atoms with van der Waals surface area (Å²) in [7, 11) is 0. The minimum atomic E-state index is 0.556. The lowest BCUT2D eigenvalue weighted by Crippen LogP contribution is -2.16. The van der Waals surface area contributed by atoms with Crippen LogP contribution in [-0.4, -0.2) is 21.3 Å². The lowest BCUT2D eigenvalue weighted by atomic mass is 10.3. The van der Waals surface area contributed by atoms with Gasteiger partial charge < -0.3 is 5.32 Å². The predicted molar refractivity (Wildman–Crippen MR) is 68.8 cm³/mol. The zero-order valence-corrected chi connectivity index (χ0v) is 10.8. The number of hydrogen-bond acceptors (Lipinski definition) is 3. The third-order valence-electron chi connectivity index (χ3n) is 2.29. The number of hydrogen-bond donors (Lipinski definition) is 1. The van der Waals surface area contributed by atoms with Crippen molar-refractivity contribution in [2.45, 2.75) is 13.5 Å². The second kappa shape index (κ2) is 5.49. The van der Waals surface area contributed by atoms with Crippen LogP contribution in [0, 0.1) is 0 Å². The number of benzene rings is 1. The molecule has 0 bridgehead atoms. The minimum Gasteiger partial charge on any atom is -0.310 e. The summed E-state index contributed by atoms with van der Waals surface area (Å²) in [6.07, 6.45) is 1.51. The maximum absolute atomic E-state index is 6.13. The van der Waals surface area contributed by atoms with Gasteiger partial charge >= 0.3 is 0 Å².